The van der Waals surface area contributed by atoms with E-state index in [0.717, 1.165) is 6.20 Å². The van der Waals surface area contributed by atoms with Gasteiger partial charge in [0.2, 0.25) is 0 Å². The molecule has 0 bridgehead atoms. The monoisotopic (exact) mass is 531 g/mol. The van der Waals surface area contributed by atoms with E-state index in [-0.39, 0.29) is 35.1 Å². The third-order valence-electron chi connectivity index (χ3n) is 6.55. The van der Waals surface area contributed by atoms with Crippen molar-refractivity contribution in [1.82, 2.24) is 35.0 Å². The number of ether oxygens (including phenoxy) is 1. The maximum Gasteiger partial charge on any atom is 0.387 e. The molecule has 0 spiro atoms. The fourth-order valence-electron chi connectivity index (χ4n) is 4.65. The van der Waals surface area contributed by atoms with Crippen LogP contribution in [0.1, 0.15) is 34.9 Å². The molecule has 0 aliphatic heterocycles. The first-order valence-electron chi connectivity index (χ1n) is 12.1. The zero-order chi connectivity index (χ0) is 26.9. The molecule has 0 atom stereocenters. The van der Waals surface area contributed by atoms with Crippen LogP contribution in [0.15, 0.2) is 73.2 Å². The molecule has 4 aromatic heterocycles. The molecule has 1 saturated carbocycles. The molecule has 39 heavy (non-hydrogen) atoms. The number of hydrogen-bond donors (Lipinski definition) is 1. The Hall–Kier alpha value is -4.87. The average Bonchev–Trinajstić information content (AvgIpc) is 3.34. The number of pyridine rings is 3. The molecule has 4 heterocycles. The zero-order valence-corrected chi connectivity index (χ0v) is 20.2. The van der Waals surface area contributed by atoms with Gasteiger partial charge in [-0.05, 0) is 55.3 Å². The molecular formula is C27H20F3N7O2. The standard InChI is InChI=1S/C27H20F3N7O2/c28-19-4-1-2-6-22(19)37-24(35-36-25(37)21-8-7-17(14-33-21)39-27(29)30)15-12-16(13-15)34-26(38)18-9-11-31-20-5-3-10-32-23(18)20/h1-11,14-16,27H,12-13H2,(H,34,38). The molecule has 1 aliphatic carbocycles. The Morgan fingerprint density at radius 3 is 2.59 bits per heavy atom. The van der Waals surface area contributed by atoms with Crippen LogP contribution in [0, 0.1) is 5.82 Å². The van der Waals surface area contributed by atoms with Crippen molar-refractivity contribution in [3.63, 3.8) is 0 Å². The third kappa shape index (κ3) is 4.76. The second kappa shape index (κ2) is 10.1. The number of rotatable bonds is 7. The lowest BCUT2D eigenvalue weighted by atomic mass is 9.79. The molecule has 0 radical (unpaired) electrons. The van der Waals surface area contributed by atoms with Gasteiger partial charge in [0.15, 0.2) is 5.82 Å². The highest BCUT2D eigenvalue weighted by molar-refractivity contribution is 6.04. The van der Waals surface area contributed by atoms with Crippen LogP contribution in [0.2, 0.25) is 0 Å². The van der Waals surface area contributed by atoms with E-state index in [1.165, 1.54) is 18.2 Å². The highest BCUT2D eigenvalue weighted by Gasteiger charge is 2.37. The minimum absolute atomic E-state index is 0.110. The molecule has 12 heteroatoms. The molecule has 1 aliphatic rings. The smallest absolute Gasteiger partial charge is 0.387 e. The minimum atomic E-state index is -2.98. The van der Waals surface area contributed by atoms with Gasteiger partial charge in [-0.15, -0.1) is 10.2 Å². The Balaban J connectivity index is 1.25. The predicted octanol–water partition coefficient (Wildman–Crippen LogP) is 4.69. The number of fused-ring (bicyclic) bond motifs is 1. The zero-order valence-electron chi connectivity index (χ0n) is 20.2. The Morgan fingerprint density at radius 1 is 0.974 bits per heavy atom. The summed E-state index contributed by atoms with van der Waals surface area (Å²) >= 11 is 0. The van der Waals surface area contributed by atoms with Gasteiger partial charge >= 0.3 is 6.61 Å². The SMILES string of the molecule is O=C(NC1CC(c2nnc(-c3ccc(OC(F)F)cn3)n2-c2ccccc2F)C1)c1ccnc2cccnc12. The van der Waals surface area contributed by atoms with E-state index in [4.69, 9.17) is 0 Å². The lowest BCUT2D eigenvalue weighted by molar-refractivity contribution is -0.0500. The van der Waals surface area contributed by atoms with Crippen LogP contribution in [-0.4, -0.2) is 48.3 Å². The van der Waals surface area contributed by atoms with Gasteiger partial charge in [0.1, 0.15) is 28.6 Å². The van der Waals surface area contributed by atoms with Crippen LogP contribution in [0.25, 0.3) is 28.2 Å². The Kier molecular flexibility index (Phi) is 6.35. The third-order valence-corrected chi connectivity index (χ3v) is 6.55. The van der Waals surface area contributed by atoms with Crippen molar-refractivity contribution < 1.29 is 22.7 Å². The number of carbonyl (C=O) groups excluding carboxylic acids is 1. The molecular weight excluding hydrogens is 511 g/mol. The van der Waals surface area contributed by atoms with Gasteiger partial charge in [0, 0.05) is 24.4 Å². The first kappa shape index (κ1) is 24.5. The number of nitrogens with one attached hydrogen (secondary N) is 1. The molecule has 0 saturated heterocycles. The number of nitrogens with zero attached hydrogens (tertiary/aromatic N) is 6. The summed E-state index contributed by atoms with van der Waals surface area (Å²) in [6.07, 6.45) is 5.45. The van der Waals surface area contributed by atoms with Gasteiger partial charge in [0.05, 0.1) is 23.0 Å². The van der Waals surface area contributed by atoms with E-state index in [1.807, 2.05) is 0 Å². The quantitative estimate of drug-likeness (QED) is 0.325. The Morgan fingerprint density at radius 2 is 1.82 bits per heavy atom. The van der Waals surface area contributed by atoms with Crippen molar-refractivity contribution in [2.75, 3.05) is 0 Å². The van der Waals surface area contributed by atoms with E-state index in [1.54, 1.807) is 53.4 Å². The molecule has 1 aromatic carbocycles. The van der Waals surface area contributed by atoms with E-state index in [9.17, 15) is 18.0 Å². The van der Waals surface area contributed by atoms with Crippen LogP contribution in [-0.2, 0) is 0 Å². The van der Waals surface area contributed by atoms with Crippen molar-refractivity contribution in [3.8, 4) is 23.0 Å². The molecule has 1 N–H and O–H groups in total. The second-order valence-corrected chi connectivity index (χ2v) is 8.99. The fourth-order valence-corrected chi connectivity index (χ4v) is 4.65. The Bertz CT molecular complexity index is 1650. The van der Waals surface area contributed by atoms with E-state index < -0.39 is 12.4 Å². The summed E-state index contributed by atoms with van der Waals surface area (Å²) in [6.45, 7) is -2.98. The van der Waals surface area contributed by atoms with Crippen molar-refractivity contribution in [3.05, 3.63) is 90.4 Å². The van der Waals surface area contributed by atoms with E-state index in [2.05, 4.69) is 35.2 Å². The number of hydrogen-bond acceptors (Lipinski definition) is 7. The number of para-hydroxylation sites is 1. The molecule has 9 nitrogen and oxygen atoms in total. The van der Waals surface area contributed by atoms with E-state index in [0.29, 0.717) is 41.0 Å². The number of amides is 1. The first-order chi connectivity index (χ1) is 19.0. The lowest BCUT2D eigenvalue weighted by Crippen LogP contribution is -2.44. The number of benzene rings is 1. The molecule has 5 aromatic rings. The summed E-state index contributed by atoms with van der Waals surface area (Å²) in [5, 5.41) is 11.6. The minimum Gasteiger partial charge on any atom is -0.433 e. The van der Waals surface area contributed by atoms with Gasteiger partial charge in [-0.25, -0.2) is 9.37 Å². The number of aromatic nitrogens is 6. The second-order valence-electron chi connectivity index (χ2n) is 8.99. The first-order valence-corrected chi connectivity index (χ1v) is 12.1. The highest BCUT2D eigenvalue weighted by atomic mass is 19.3. The van der Waals surface area contributed by atoms with Crippen molar-refractivity contribution >= 4 is 16.9 Å². The van der Waals surface area contributed by atoms with Crippen LogP contribution in [0.4, 0.5) is 13.2 Å². The predicted molar refractivity (Wildman–Crippen MR) is 134 cm³/mol. The molecule has 6 rings (SSSR count). The van der Waals surface area contributed by atoms with Crippen LogP contribution in [0.3, 0.4) is 0 Å². The van der Waals surface area contributed by atoms with Crippen LogP contribution < -0.4 is 10.1 Å². The van der Waals surface area contributed by atoms with Crippen LogP contribution in [0.5, 0.6) is 5.75 Å². The van der Waals surface area contributed by atoms with Gasteiger partial charge in [0.25, 0.3) is 5.91 Å². The van der Waals surface area contributed by atoms with Gasteiger partial charge in [-0.2, -0.15) is 8.78 Å². The van der Waals surface area contributed by atoms with Crippen LogP contribution >= 0.6 is 0 Å². The summed E-state index contributed by atoms with van der Waals surface area (Å²) < 4.78 is 45.9. The molecule has 196 valence electrons. The largest absolute Gasteiger partial charge is 0.433 e. The topological polar surface area (TPSA) is 108 Å². The van der Waals surface area contributed by atoms with Gasteiger partial charge in [-0.1, -0.05) is 12.1 Å². The molecule has 1 fully saturated rings. The Labute approximate surface area is 219 Å². The molecule has 0 unspecified atom stereocenters. The highest BCUT2D eigenvalue weighted by Crippen LogP contribution is 2.39. The summed E-state index contributed by atoms with van der Waals surface area (Å²) in [6, 6.07) is 14.0. The number of alkyl halides is 2. The summed E-state index contributed by atoms with van der Waals surface area (Å²) in [7, 11) is 0. The normalized spacial score (nSPS) is 16.7. The maximum absolute atomic E-state index is 14.9. The van der Waals surface area contributed by atoms with Gasteiger partial charge < -0.3 is 10.1 Å². The number of carbonyl (C=O) groups is 1. The molecule has 1 amide bonds. The summed E-state index contributed by atoms with van der Waals surface area (Å²) in [5.74, 6) is -0.216. The average molecular weight is 531 g/mol. The lowest BCUT2D eigenvalue weighted by Gasteiger charge is -2.35. The fraction of sp³-hybridized carbons (Fsp3) is 0.185. The summed E-state index contributed by atoms with van der Waals surface area (Å²) in [5.41, 5.74) is 2.12. The number of halogens is 3. The van der Waals surface area contributed by atoms with Crippen molar-refractivity contribution in [2.24, 2.45) is 0 Å². The maximum atomic E-state index is 14.9. The van der Waals surface area contributed by atoms with Gasteiger partial charge in [-0.3, -0.25) is 19.3 Å². The summed E-state index contributed by atoms with van der Waals surface area (Å²) in [4.78, 5) is 25.7. The van der Waals surface area contributed by atoms with E-state index >= 15 is 0 Å². The van der Waals surface area contributed by atoms with Crippen molar-refractivity contribution in [1.29, 1.82) is 0 Å². The van der Waals surface area contributed by atoms with Crippen molar-refractivity contribution in [2.45, 2.75) is 31.4 Å².